The van der Waals surface area contributed by atoms with Crippen LogP contribution < -0.4 is 5.32 Å². The van der Waals surface area contributed by atoms with Crippen LogP contribution >= 0.6 is 11.8 Å². The van der Waals surface area contributed by atoms with Gasteiger partial charge in [0.15, 0.2) is 5.16 Å². The van der Waals surface area contributed by atoms with Crippen molar-refractivity contribution in [2.45, 2.75) is 18.5 Å². The Kier molecular flexibility index (Phi) is 5.72. The van der Waals surface area contributed by atoms with E-state index in [0.29, 0.717) is 10.8 Å². The molecule has 3 aromatic rings. The third-order valence-corrected chi connectivity index (χ3v) is 4.74. The van der Waals surface area contributed by atoms with Crippen molar-refractivity contribution in [1.29, 1.82) is 0 Å². The molecule has 0 radical (unpaired) electrons. The lowest BCUT2D eigenvalue weighted by atomic mass is 10.1. The molecule has 0 aliphatic carbocycles. The normalized spacial score (nSPS) is 10.3. The van der Waals surface area contributed by atoms with E-state index in [9.17, 15) is 4.79 Å². The fourth-order valence-electron chi connectivity index (χ4n) is 2.55. The van der Waals surface area contributed by atoms with Crippen LogP contribution in [0, 0.1) is 12.3 Å². The second-order valence-corrected chi connectivity index (χ2v) is 6.47. The van der Waals surface area contributed by atoms with E-state index in [1.807, 2.05) is 41.0 Å². The van der Waals surface area contributed by atoms with E-state index in [1.165, 1.54) is 17.3 Å². The van der Waals surface area contributed by atoms with Crippen LogP contribution in [0.15, 0.2) is 60.0 Å². The Morgan fingerprint density at radius 3 is 2.92 bits per heavy atom. The average molecular weight is 362 g/mol. The monoisotopic (exact) mass is 362 g/mol. The van der Waals surface area contributed by atoms with Gasteiger partial charge < -0.3 is 5.32 Å². The minimum Gasteiger partial charge on any atom is -0.325 e. The van der Waals surface area contributed by atoms with E-state index in [2.05, 4.69) is 34.4 Å². The Balaban J connectivity index is 1.68. The van der Waals surface area contributed by atoms with Gasteiger partial charge in [-0.1, -0.05) is 48.9 Å². The molecular weight excluding hydrogens is 344 g/mol. The number of terminal acetylenes is 1. The molecule has 26 heavy (non-hydrogen) atoms. The zero-order valence-corrected chi connectivity index (χ0v) is 15.2. The fraction of sp³-hybridized carbons (Fsp3) is 0.150. The van der Waals surface area contributed by atoms with Gasteiger partial charge in [0.25, 0.3) is 0 Å². The number of aromatic nitrogens is 3. The molecule has 0 unspecified atom stereocenters. The lowest BCUT2D eigenvalue weighted by Gasteiger charge is -2.10. The minimum atomic E-state index is -0.123. The molecule has 0 saturated carbocycles. The van der Waals surface area contributed by atoms with E-state index in [-0.39, 0.29) is 11.7 Å². The minimum absolute atomic E-state index is 0.123. The first-order valence-electron chi connectivity index (χ1n) is 8.19. The molecule has 130 valence electrons. The number of hydrogen-bond donors (Lipinski definition) is 1. The number of nitrogens with one attached hydrogen (secondary N) is 1. The van der Waals surface area contributed by atoms with Gasteiger partial charge in [-0.3, -0.25) is 9.36 Å². The largest absolute Gasteiger partial charge is 0.325 e. The molecule has 1 amide bonds. The number of amides is 1. The van der Waals surface area contributed by atoms with Gasteiger partial charge in [0, 0.05) is 11.3 Å². The topological polar surface area (TPSA) is 59.8 Å². The quantitative estimate of drug-likeness (QED) is 0.538. The SMILES string of the molecule is C#Cc1cccc(NC(=O)CSc2nncn2-c2ccccc2CC)c1. The van der Waals surface area contributed by atoms with Gasteiger partial charge in [-0.15, -0.1) is 16.6 Å². The van der Waals surface area contributed by atoms with Gasteiger partial charge >= 0.3 is 0 Å². The van der Waals surface area contributed by atoms with Crippen LogP contribution in [0.3, 0.4) is 0 Å². The number of aryl methyl sites for hydroxylation is 1. The number of hydrogen-bond acceptors (Lipinski definition) is 4. The van der Waals surface area contributed by atoms with Gasteiger partial charge in [-0.25, -0.2) is 0 Å². The molecular formula is C20H18N4OS. The second-order valence-electron chi connectivity index (χ2n) is 5.53. The summed E-state index contributed by atoms with van der Waals surface area (Å²) in [6.45, 7) is 2.10. The summed E-state index contributed by atoms with van der Waals surface area (Å²) in [5.74, 6) is 2.66. The maximum absolute atomic E-state index is 12.2. The van der Waals surface area contributed by atoms with Crippen molar-refractivity contribution >= 4 is 23.4 Å². The highest BCUT2D eigenvalue weighted by Gasteiger charge is 2.12. The molecule has 0 aliphatic rings. The van der Waals surface area contributed by atoms with E-state index in [4.69, 9.17) is 6.42 Å². The maximum atomic E-state index is 12.2. The first-order valence-corrected chi connectivity index (χ1v) is 9.17. The van der Waals surface area contributed by atoms with Crippen LogP contribution in [0.2, 0.25) is 0 Å². The Hall–Kier alpha value is -3.04. The van der Waals surface area contributed by atoms with Crippen molar-refractivity contribution in [1.82, 2.24) is 14.8 Å². The number of carbonyl (C=O) groups excluding carboxylic acids is 1. The van der Waals surface area contributed by atoms with E-state index in [1.54, 1.807) is 12.4 Å². The van der Waals surface area contributed by atoms with Crippen molar-refractivity contribution < 1.29 is 4.79 Å². The predicted octanol–water partition coefficient (Wildman–Crippen LogP) is 3.54. The first-order chi connectivity index (χ1) is 12.7. The smallest absolute Gasteiger partial charge is 0.234 e. The van der Waals surface area contributed by atoms with Gasteiger partial charge in [-0.05, 0) is 36.2 Å². The number of thioether (sulfide) groups is 1. The van der Waals surface area contributed by atoms with Gasteiger partial charge in [0.2, 0.25) is 5.91 Å². The number of nitrogens with zero attached hydrogens (tertiary/aromatic N) is 3. The fourth-order valence-corrected chi connectivity index (χ4v) is 3.27. The van der Waals surface area contributed by atoms with Crippen molar-refractivity contribution in [2.75, 3.05) is 11.1 Å². The standard InChI is InChI=1S/C20H18N4OS/c1-3-15-8-7-10-17(12-15)22-19(25)13-26-20-23-21-14-24(20)18-11-6-5-9-16(18)4-2/h1,5-12,14H,4,13H2,2H3,(H,22,25). The Bertz CT molecular complexity index is 958. The molecule has 2 aromatic carbocycles. The van der Waals surface area contributed by atoms with Crippen molar-refractivity contribution in [3.8, 4) is 18.0 Å². The highest BCUT2D eigenvalue weighted by molar-refractivity contribution is 7.99. The van der Waals surface area contributed by atoms with Crippen LogP contribution in [-0.4, -0.2) is 26.4 Å². The predicted molar refractivity (Wildman–Crippen MR) is 104 cm³/mol. The van der Waals surface area contributed by atoms with Crippen molar-refractivity contribution in [3.05, 3.63) is 66.0 Å². The third-order valence-electron chi connectivity index (χ3n) is 3.79. The molecule has 1 aromatic heterocycles. The third kappa shape index (κ3) is 4.13. The molecule has 3 rings (SSSR count). The van der Waals surface area contributed by atoms with E-state index < -0.39 is 0 Å². The first kappa shape index (κ1) is 17.8. The Labute approximate surface area is 156 Å². The average Bonchev–Trinajstić information content (AvgIpc) is 3.15. The summed E-state index contributed by atoms with van der Waals surface area (Å²) >= 11 is 1.34. The molecule has 0 fully saturated rings. The highest BCUT2D eigenvalue weighted by atomic mass is 32.2. The molecule has 5 nitrogen and oxygen atoms in total. The number of para-hydroxylation sites is 1. The Morgan fingerprint density at radius 1 is 1.27 bits per heavy atom. The number of benzene rings is 2. The zero-order valence-electron chi connectivity index (χ0n) is 14.3. The van der Waals surface area contributed by atoms with Crippen molar-refractivity contribution in [2.24, 2.45) is 0 Å². The van der Waals surface area contributed by atoms with Crippen LogP contribution in [-0.2, 0) is 11.2 Å². The zero-order chi connectivity index (χ0) is 18.4. The van der Waals surface area contributed by atoms with Gasteiger partial charge in [-0.2, -0.15) is 0 Å². The summed E-state index contributed by atoms with van der Waals surface area (Å²) in [6, 6.07) is 15.3. The molecule has 0 spiro atoms. The number of anilines is 1. The summed E-state index contributed by atoms with van der Waals surface area (Å²) in [7, 11) is 0. The molecule has 6 heteroatoms. The summed E-state index contributed by atoms with van der Waals surface area (Å²) in [5, 5.41) is 11.7. The number of rotatable bonds is 6. The summed E-state index contributed by atoms with van der Waals surface area (Å²) in [6.07, 6.45) is 7.96. The maximum Gasteiger partial charge on any atom is 0.234 e. The highest BCUT2D eigenvalue weighted by Crippen LogP contribution is 2.22. The van der Waals surface area contributed by atoms with E-state index in [0.717, 1.165) is 17.7 Å². The van der Waals surface area contributed by atoms with Crippen LogP contribution in [0.1, 0.15) is 18.1 Å². The van der Waals surface area contributed by atoms with E-state index >= 15 is 0 Å². The molecule has 0 saturated heterocycles. The van der Waals surface area contributed by atoms with Crippen molar-refractivity contribution in [3.63, 3.8) is 0 Å². The van der Waals surface area contributed by atoms with Crippen LogP contribution in [0.25, 0.3) is 5.69 Å². The lowest BCUT2D eigenvalue weighted by Crippen LogP contribution is -2.14. The molecule has 0 aliphatic heterocycles. The lowest BCUT2D eigenvalue weighted by molar-refractivity contribution is -0.113. The molecule has 1 N–H and O–H groups in total. The van der Waals surface area contributed by atoms with Crippen LogP contribution in [0.5, 0.6) is 0 Å². The summed E-state index contributed by atoms with van der Waals surface area (Å²) in [5.41, 5.74) is 3.64. The summed E-state index contributed by atoms with van der Waals surface area (Å²) < 4.78 is 1.91. The van der Waals surface area contributed by atoms with Gasteiger partial charge in [0.05, 0.1) is 11.4 Å². The molecule has 1 heterocycles. The Morgan fingerprint density at radius 2 is 2.12 bits per heavy atom. The summed E-state index contributed by atoms with van der Waals surface area (Å²) in [4.78, 5) is 12.2. The van der Waals surface area contributed by atoms with Gasteiger partial charge in [0.1, 0.15) is 6.33 Å². The molecule has 0 atom stereocenters. The number of carbonyl (C=O) groups is 1. The van der Waals surface area contributed by atoms with Crippen LogP contribution in [0.4, 0.5) is 5.69 Å². The molecule has 0 bridgehead atoms. The second kappa shape index (κ2) is 8.37.